The van der Waals surface area contributed by atoms with Crippen LogP contribution in [-0.4, -0.2) is 18.1 Å². The van der Waals surface area contributed by atoms with Gasteiger partial charge in [0, 0.05) is 5.56 Å². The minimum absolute atomic E-state index is 0.0359. The van der Waals surface area contributed by atoms with Crippen molar-refractivity contribution in [2.24, 2.45) is 0 Å². The molecule has 2 aromatic rings. The van der Waals surface area contributed by atoms with Gasteiger partial charge in [0.05, 0.1) is 12.8 Å². The zero-order chi connectivity index (χ0) is 13.0. The zero-order valence-electron chi connectivity index (χ0n) is 9.88. The molecule has 0 aliphatic heterocycles. The normalized spacial score (nSPS) is 9.83. The van der Waals surface area contributed by atoms with Crippen molar-refractivity contribution in [1.29, 1.82) is 0 Å². The molecule has 18 heavy (non-hydrogen) atoms. The predicted octanol–water partition coefficient (Wildman–Crippen LogP) is 2.65. The fraction of sp³-hybridized carbons (Fsp3) is 0.0714. The average Bonchev–Trinajstić information content (AvgIpc) is 2.41. The maximum absolute atomic E-state index is 12.0. The second-order valence-corrected chi connectivity index (χ2v) is 3.70. The Kier molecular flexibility index (Phi) is 3.48. The highest BCUT2D eigenvalue weighted by molar-refractivity contribution is 6.05. The van der Waals surface area contributed by atoms with E-state index in [2.05, 4.69) is 5.32 Å². The van der Waals surface area contributed by atoms with Crippen LogP contribution in [0, 0.1) is 0 Å². The lowest BCUT2D eigenvalue weighted by molar-refractivity contribution is 0.102. The van der Waals surface area contributed by atoms with Gasteiger partial charge in [-0.25, -0.2) is 0 Å². The molecule has 2 N–H and O–H groups in total. The number of benzene rings is 2. The molecule has 0 fully saturated rings. The molecule has 0 saturated carbocycles. The number of para-hydroxylation sites is 2. The van der Waals surface area contributed by atoms with Gasteiger partial charge in [0.1, 0.15) is 11.5 Å². The van der Waals surface area contributed by atoms with Gasteiger partial charge >= 0.3 is 0 Å². The van der Waals surface area contributed by atoms with Crippen LogP contribution in [0.15, 0.2) is 48.5 Å². The van der Waals surface area contributed by atoms with Crippen molar-refractivity contribution in [1.82, 2.24) is 0 Å². The molecule has 92 valence electrons. The molecule has 0 spiro atoms. The summed E-state index contributed by atoms with van der Waals surface area (Å²) in [6.45, 7) is 0. The van der Waals surface area contributed by atoms with E-state index in [1.807, 2.05) is 0 Å². The maximum atomic E-state index is 12.0. The van der Waals surface area contributed by atoms with Gasteiger partial charge in [0.25, 0.3) is 5.91 Å². The van der Waals surface area contributed by atoms with Crippen LogP contribution < -0.4 is 10.1 Å². The van der Waals surface area contributed by atoms with E-state index < -0.39 is 0 Å². The lowest BCUT2D eigenvalue weighted by atomic mass is 10.2. The Balaban J connectivity index is 2.19. The first kappa shape index (κ1) is 12.0. The summed E-state index contributed by atoms with van der Waals surface area (Å²) < 4.78 is 5.05. The van der Waals surface area contributed by atoms with Crippen LogP contribution in [0.2, 0.25) is 0 Å². The van der Waals surface area contributed by atoms with Gasteiger partial charge in [0.2, 0.25) is 0 Å². The molecule has 2 aromatic carbocycles. The third-order valence-corrected chi connectivity index (χ3v) is 2.48. The Morgan fingerprint density at radius 3 is 2.67 bits per heavy atom. The van der Waals surface area contributed by atoms with Gasteiger partial charge in [-0.1, -0.05) is 18.2 Å². The third-order valence-electron chi connectivity index (χ3n) is 2.48. The highest BCUT2D eigenvalue weighted by Crippen LogP contribution is 2.22. The molecule has 0 aliphatic carbocycles. The predicted molar refractivity (Wildman–Crippen MR) is 69.1 cm³/mol. The number of phenolic OH excluding ortho intramolecular Hbond substituents is 1. The summed E-state index contributed by atoms with van der Waals surface area (Å²) in [5.41, 5.74) is 0.850. The molecule has 0 aromatic heterocycles. The zero-order valence-corrected chi connectivity index (χ0v) is 9.88. The van der Waals surface area contributed by atoms with Crippen molar-refractivity contribution in [3.63, 3.8) is 0 Å². The number of amides is 1. The van der Waals surface area contributed by atoms with Gasteiger partial charge in [0.15, 0.2) is 0 Å². The summed E-state index contributed by atoms with van der Waals surface area (Å²) in [5, 5.41) is 12.2. The van der Waals surface area contributed by atoms with Crippen molar-refractivity contribution in [3.05, 3.63) is 54.1 Å². The largest absolute Gasteiger partial charge is 0.506 e. The van der Waals surface area contributed by atoms with Crippen LogP contribution in [0.4, 0.5) is 5.69 Å². The molecule has 0 unspecified atom stereocenters. The molecule has 1 amide bonds. The first-order chi connectivity index (χ1) is 8.70. The van der Waals surface area contributed by atoms with Gasteiger partial charge in [-0.05, 0) is 30.3 Å². The molecule has 4 nitrogen and oxygen atoms in total. The number of anilines is 1. The fourth-order valence-electron chi connectivity index (χ4n) is 1.54. The lowest BCUT2D eigenvalue weighted by Crippen LogP contribution is -2.11. The van der Waals surface area contributed by atoms with Crippen molar-refractivity contribution < 1.29 is 14.6 Å². The third kappa shape index (κ3) is 2.60. The van der Waals surface area contributed by atoms with Crippen LogP contribution in [0.5, 0.6) is 11.5 Å². The topological polar surface area (TPSA) is 58.6 Å². The number of carbonyl (C=O) groups excluding carboxylic acids is 1. The summed E-state index contributed by atoms with van der Waals surface area (Å²) in [6.07, 6.45) is 0. The Bertz CT molecular complexity index is 566. The number of ether oxygens (including phenoxy) is 1. The number of hydrogen-bond acceptors (Lipinski definition) is 3. The summed E-state index contributed by atoms with van der Waals surface area (Å²) in [6, 6.07) is 13.4. The first-order valence-corrected chi connectivity index (χ1v) is 5.44. The summed E-state index contributed by atoms with van der Waals surface area (Å²) in [4.78, 5) is 12.0. The number of nitrogens with one attached hydrogen (secondary N) is 1. The standard InChI is InChI=1S/C14H13NO3/c1-18-11-6-4-5-10(9-11)14(17)15-12-7-2-3-8-13(12)16/h2-9,16H,1H3,(H,15,17). The molecule has 0 bridgehead atoms. The number of phenols is 1. The highest BCUT2D eigenvalue weighted by Gasteiger charge is 2.08. The van der Waals surface area contributed by atoms with Crippen molar-refractivity contribution >= 4 is 11.6 Å². The molecule has 0 heterocycles. The minimum atomic E-state index is -0.296. The lowest BCUT2D eigenvalue weighted by Gasteiger charge is -2.07. The van der Waals surface area contributed by atoms with Crippen molar-refractivity contribution in [2.45, 2.75) is 0 Å². The van der Waals surface area contributed by atoms with Crippen LogP contribution in [0.25, 0.3) is 0 Å². The Labute approximate surface area is 105 Å². The monoisotopic (exact) mass is 243 g/mol. The van der Waals surface area contributed by atoms with E-state index in [1.165, 1.54) is 6.07 Å². The van der Waals surface area contributed by atoms with Crippen molar-refractivity contribution in [3.8, 4) is 11.5 Å². The molecular formula is C14H13NO3. The van der Waals surface area contributed by atoms with E-state index in [9.17, 15) is 9.90 Å². The van der Waals surface area contributed by atoms with Crippen LogP contribution in [-0.2, 0) is 0 Å². The van der Waals surface area contributed by atoms with E-state index in [0.717, 1.165) is 0 Å². The summed E-state index contributed by atoms with van der Waals surface area (Å²) in [5.74, 6) is 0.351. The Morgan fingerprint density at radius 1 is 1.17 bits per heavy atom. The van der Waals surface area contributed by atoms with Gasteiger partial charge in [-0.2, -0.15) is 0 Å². The summed E-state index contributed by atoms with van der Waals surface area (Å²) >= 11 is 0. The summed E-state index contributed by atoms with van der Waals surface area (Å²) in [7, 11) is 1.54. The molecule has 0 atom stereocenters. The van der Waals surface area contributed by atoms with Gasteiger partial charge in [-0.15, -0.1) is 0 Å². The van der Waals surface area contributed by atoms with Crippen LogP contribution in [0.3, 0.4) is 0 Å². The van der Waals surface area contributed by atoms with Gasteiger partial charge in [-0.3, -0.25) is 4.79 Å². The quantitative estimate of drug-likeness (QED) is 0.815. The molecule has 0 aliphatic rings. The second kappa shape index (κ2) is 5.23. The average molecular weight is 243 g/mol. The van der Waals surface area contributed by atoms with E-state index >= 15 is 0 Å². The number of carbonyl (C=O) groups is 1. The Morgan fingerprint density at radius 2 is 1.94 bits per heavy atom. The first-order valence-electron chi connectivity index (χ1n) is 5.44. The maximum Gasteiger partial charge on any atom is 0.255 e. The SMILES string of the molecule is COc1cccc(C(=O)Nc2ccccc2O)c1. The van der Waals surface area contributed by atoms with Crippen LogP contribution in [0.1, 0.15) is 10.4 Å². The smallest absolute Gasteiger partial charge is 0.255 e. The number of hydrogen-bond donors (Lipinski definition) is 2. The van der Waals surface area contributed by atoms with Crippen molar-refractivity contribution in [2.75, 3.05) is 12.4 Å². The highest BCUT2D eigenvalue weighted by atomic mass is 16.5. The number of methoxy groups -OCH3 is 1. The molecule has 0 radical (unpaired) electrons. The Hall–Kier alpha value is -2.49. The molecular weight excluding hydrogens is 230 g/mol. The minimum Gasteiger partial charge on any atom is -0.506 e. The van der Waals surface area contributed by atoms with Gasteiger partial charge < -0.3 is 15.2 Å². The van der Waals surface area contributed by atoms with E-state index in [0.29, 0.717) is 17.0 Å². The molecule has 4 heteroatoms. The number of rotatable bonds is 3. The van der Waals surface area contributed by atoms with Crippen LogP contribution >= 0.6 is 0 Å². The van der Waals surface area contributed by atoms with E-state index in [4.69, 9.17) is 4.74 Å². The van der Waals surface area contributed by atoms with E-state index in [-0.39, 0.29) is 11.7 Å². The second-order valence-electron chi connectivity index (χ2n) is 3.70. The van der Waals surface area contributed by atoms with E-state index in [1.54, 1.807) is 49.6 Å². The fourth-order valence-corrected chi connectivity index (χ4v) is 1.54. The molecule has 0 saturated heterocycles. The molecule has 2 rings (SSSR count). The number of aromatic hydroxyl groups is 1.